The summed E-state index contributed by atoms with van der Waals surface area (Å²) < 4.78 is 10.6. The zero-order valence-electron chi connectivity index (χ0n) is 16.3. The summed E-state index contributed by atoms with van der Waals surface area (Å²) in [6.45, 7) is 2.11. The van der Waals surface area contributed by atoms with Crippen LogP contribution in [0.2, 0.25) is 0 Å². The van der Waals surface area contributed by atoms with Gasteiger partial charge in [-0.15, -0.1) is 0 Å². The van der Waals surface area contributed by atoms with Crippen LogP contribution in [0.15, 0.2) is 54.6 Å². The van der Waals surface area contributed by atoms with E-state index in [0.717, 1.165) is 24.2 Å². The van der Waals surface area contributed by atoms with Gasteiger partial charge in [0.05, 0.1) is 7.11 Å². The largest absolute Gasteiger partial charge is 0.497 e. The summed E-state index contributed by atoms with van der Waals surface area (Å²) in [6, 6.07) is 16.4. The molecule has 3 rings (SSSR count). The van der Waals surface area contributed by atoms with Crippen LogP contribution in [-0.4, -0.2) is 42.5 Å². The van der Waals surface area contributed by atoms with Crippen LogP contribution in [0.5, 0.6) is 11.5 Å². The first-order chi connectivity index (χ1) is 13.6. The van der Waals surface area contributed by atoms with E-state index in [9.17, 15) is 9.59 Å². The topological polar surface area (TPSA) is 67.9 Å². The third kappa shape index (κ3) is 5.49. The molecule has 0 aromatic heterocycles. The number of hydrogen-bond donors (Lipinski definition) is 1. The predicted molar refractivity (Wildman–Crippen MR) is 106 cm³/mol. The van der Waals surface area contributed by atoms with Crippen LogP contribution in [0.4, 0.5) is 0 Å². The summed E-state index contributed by atoms with van der Waals surface area (Å²) in [5.41, 5.74) is 1.03. The molecule has 0 spiro atoms. The van der Waals surface area contributed by atoms with Gasteiger partial charge < -0.3 is 19.7 Å². The van der Waals surface area contributed by atoms with Gasteiger partial charge in [0.25, 0.3) is 5.91 Å². The molecule has 1 fully saturated rings. The monoisotopic (exact) mass is 382 g/mol. The van der Waals surface area contributed by atoms with Gasteiger partial charge in [0.2, 0.25) is 5.91 Å². The Morgan fingerprint density at radius 3 is 2.36 bits per heavy atom. The van der Waals surface area contributed by atoms with Crippen molar-refractivity contribution in [2.24, 2.45) is 0 Å². The number of benzene rings is 2. The van der Waals surface area contributed by atoms with Crippen LogP contribution in [0.1, 0.15) is 25.3 Å². The Hall–Kier alpha value is -3.02. The second kappa shape index (κ2) is 9.26. The Kier molecular flexibility index (Phi) is 6.53. The van der Waals surface area contributed by atoms with Crippen molar-refractivity contribution >= 4 is 11.8 Å². The fraction of sp³-hybridized carbons (Fsp3) is 0.364. The first kappa shape index (κ1) is 19.7. The standard InChI is InChI=1S/C22H26N2O4/c1-16(23-21(25)15-28-20-6-4-3-5-7-20)22(26)24(18-10-11-18)14-17-8-12-19(27-2)13-9-17/h3-9,12-13,16,18H,10-11,14-15H2,1-2H3,(H,23,25)/t16-/m0/s1. The lowest BCUT2D eigenvalue weighted by Crippen LogP contribution is -2.48. The molecule has 148 valence electrons. The fourth-order valence-electron chi connectivity index (χ4n) is 2.96. The van der Waals surface area contributed by atoms with E-state index in [1.165, 1.54) is 0 Å². The summed E-state index contributed by atoms with van der Waals surface area (Å²) in [7, 11) is 1.63. The van der Waals surface area contributed by atoms with Crippen molar-refractivity contribution in [1.82, 2.24) is 10.2 Å². The van der Waals surface area contributed by atoms with E-state index < -0.39 is 6.04 Å². The summed E-state index contributed by atoms with van der Waals surface area (Å²) >= 11 is 0. The molecule has 1 aliphatic rings. The normalized spacial score (nSPS) is 14.1. The highest BCUT2D eigenvalue weighted by Gasteiger charge is 2.35. The Morgan fingerprint density at radius 2 is 1.75 bits per heavy atom. The summed E-state index contributed by atoms with van der Waals surface area (Å²) in [5.74, 6) is 1.01. The van der Waals surface area contributed by atoms with Crippen molar-refractivity contribution in [2.45, 2.75) is 38.4 Å². The number of amides is 2. The van der Waals surface area contributed by atoms with E-state index >= 15 is 0 Å². The molecule has 1 aliphatic carbocycles. The molecule has 0 unspecified atom stereocenters. The molecule has 1 saturated carbocycles. The number of methoxy groups -OCH3 is 1. The second-order valence-corrected chi connectivity index (χ2v) is 6.94. The highest BCUT2D eigenvalue weighted by molar-refractivity contribution is 5.88. The van der Waals surface area contributed by atoms with Crippen molar-refractivity contribution in [3.8, 4) is 11.5 Å². The fourth-order valence-corrected chi connectivity index (χ4v) is 2.96. The molecule has 0 radical (unpaired) electrons. The third-order valence-corrected chi connectivity index (χ3v) is 4.64. The molecule has 2 aromatic rings. The van der Waals surface area contributed by atoms with E-state index in [-0.39, 0.29) is 24.5 Å². The minimum atomic E-state index is -0.606. The molecule has 6 heteroatoms. The van der Waals surface area contributed by atoms with Crippen LogP contribution in [-0.2, 0) is 16.1 Å². The van der Waals surface area contributed by atoms with Crippen molar-refractivity contribution in [1.29, 1.82) is 0 Å². The third-order valence-electron chi connectivity index (χ3n) is 4.64. The lowest BCUT2D eigenvalue weighted by molar-refractivity contribution is -0.137. The molecule has 2 amide bonds. The van der Waals surface area contributed by atoms with Crippen molar-refractivity contribution < 1.29 is 19.1 Å². The van der Waals surface area contributed by atoms with Gasteiger partial charge in [-0.2, -0.15) is 0 Å². The first-order valence-electron chi connectivity index (χ1n) is 9.47. The quantitative estimate of drug-likeness (QED) is 0.724. The van der Waals surface area contributed by atoms with Gasteiger partial charge in [-0.25, -0.2) is 0 Å². The number of ether oxygens (including phenoxy) is 2. The molecule has 0 bridgehead atoms. The van der Waals surface area contributed by atoms with Gasteiger partial charge in [0.15, 0.2) is 6.61 Å². The van der Waals surface area contributed by atoms with Gasteiger partial charge in [-0.05, 0) is 49.6 Å². The molecule has 1 atom stereocenters. The van der Waals surface area contributed by atoms with Crippen LogP contribution < -0.4 is 14.8 Å². The number of carbonyl (C=O) groups is 2. The maximum Gasteiger partial charge on any atom is 0.258 e. The number of rotatable bonds is 9. The van der Waals surface area contributed by atoms with Crippen molar-refractivity contribution in [3.05, 3.63) is 60.2 Å². The number of nitrogens with zero attached hydrogens (tertiary/aromatic N) is 1. The smallest absolute Gasteiger partial charge is 0.258 e. The van der Waals surface area contributed by atoms with Gasteiger partial charge in [-0.1, -0.05) is 30.3 Å². The van der Waals surface area contributed by atoms with Gasteiger partial charge >= 0.3 is 0 Å². The van der Waals surface area contributed by atoms with Gasteiger partial charge in [-0.3, -0.25) is 9.59 Å². The average Bonchev–Trinajstić information content (AvgIpc) is 3.56. The van der Waals surface area contributed by atoms with Gasteiger partial charge in [0, 0.05) is 12.6 Å². The Morgan fingerprint density at radius 1 is 1.07 bits per heavy atom. The Balaban J connectivity index is 1.54. The molecule has 0 saturated heterocycles. The van der Waals surface area contributed by atoms with Gasteiger partial charge in [0.1, 0.15) is 17.5 Å². The number of nitrogens with one attached hydrogen (secondary N) is 1. The molecule has 0 aliphatic heterocycles. The molecule has 0 heterocycles. The first-order valence-corrected chi connectivity index (χ1v) is 9.47. The van der Waals surface area contributed by atoms with E-state index in [0.29, 0.717) is 12.3 Å². The van der Waals surface area contributed by atoms with Crippen molar-refractivity contribution in [2.75, 3.05) is 13.7 Å². The summed E-state index contributed by atoms with van der Waals surface area (Å²) in [5, 5.41) is 2.74. The van der Waals surface area contributed by atoms with Crippen LogP contribution >= 0.6 is 0 Å². The SMILES string of the molecule is COc1ccc(CN(C(=O)[C@H](C)NC(=O)COc2ccccc2)C2CC2)cc1. The van der Waals surface area contributed by atoms with E-state index in [1.54, 1.807) is 26.2 Å². The lowest BCUT2D eigenvalue weighted by atomic mass is 10.1. The summed E-state index contributed by atoms with van der Waals surface area (Å²) in [6.07, 6.45) is 2.00. The highest BCUT2D eigenvalue weighted by atomic mass is 16.5. The average molecular weight is 382 g/mol. The van der Waals surface area contributed by atoms with E-state index in [4.69, 9.17) is 9.47 Å². The predicted octanol–water partition coefficient (Wildman–Crippen LogP) is 2.77. The van der Waals surface area contributed by atoms with Crippen molar-refractivity contribution in [3.63, 3.8) is 0 Å². The van der Waals surface area contributed by atoms with Crippen LogP contribution in [0.25, 0.3) is 0 Å². The zero-order valence-corrected chi connectivity index (χ0v) is 16.3. The number of hydrogen-bond acceptors (Lipinski definition) is 4. The maximum absolute atomic E-state index is 12.9. The van der Waals surface area contributed by atoms with E-state index in [2.05, 4.69) is 5.32 Å². The highest BCUT2D eigenvalue weighted by Crippen LogP contribution is 2.29. The maximum atomic E-state index is 12.9. The molecule has 6 nitrogen and oxygen atoms in total. The lowest BCUT2D eigenvalue weighted by Gasteiger charge is -2.26. The molecule has 2 aromatic carbocycles. The minimum Gasteiger partial charge on any atom is -0.497 e. The molecule has 1 N–H and O–H groups in total. The molecular weight excluding hydrogens is 356 g/mol. The second-order valence-electron chi connectivity index (χ2n) is 6.94. The summed E-state index contributed by atoms with van der Waals surface area (Å²) in [4.78, 5) is 26.9. The number of para-hydroxylation sites is 1. The Bertz CT molecular complexity index is 788. The Labute approximate surface area is 165 Å². The number of carbonyl (C=O) groups excluding carboxylic acids is 2. The molecular formula is C22H26N2O4. The van der Waals surface area contributed by atoms with E-state index in [1.807, 2.05) is 47.4 Å². The van der Waals surface area contributed by atoms with Crippen LogP contribution in [0.3, 0.4) is 0 Å². The minimum absolute atomic E-state index is 0.0774. The van der Waals surface area contributed by atoms with Crippen LogP contribution in [0, 0.1) is 0 Å². The molecule has 28 heavy (non-hydrogen) atoms. The zero-order chi connectivity index (χ0) is 19.9.